The van der Waals surface area contributed by atoms with Crippen LogP contribution in [0.2, 0.25) is 0 Å². The molecule has 1 atom stereocenters. The fraction of sp³-hybridized carbons (Fsp3) is 0.211. The van der Waals surface area contributed by atoms with Crippen LogP contribution in [0.15, 0.2) is 35.3 Å². The fourth-order valence-corrected chi connectivity index (χ4v) is 3.50. The van der Waals surface area contributed by atoms with Crippen LogP contribution < -0.4 is 16.5 Å². The Bertz CT molecular complexity index is 1220. The third-order valence-electron chi connectivity index (χ3n) is 4.99. The maximum Gasteiger partial charge on any atom is 0.341 e. The highest BCUT2D eigenvalue weighted by Crippen LogP contribution is 2.29. The SMILES string of the molecule is NC1(c2nc3c(cc2F)c(=O)c(C(=O)O)cn3-c2ccc(F)cc2F)CCNC1. The Morgan fingerprint density at radius 3 is 2.62 bits per heavy atom. The van der Waals surface area contributed by atoms with Crippen molar-refractivity contribution in [2.45, 2.75) is 12.0 Å². The van der Waals surface area contributed by atoms with Crippen molar-refractivity contribution in [3.8, 4) is 5.69 Å². The highest BCUT2D eigenvalue weighted by Gasteiger charge is 2.36. The number of hydrogen-bond donors (Lipinski definition) is 3. The second kappa shape index (κ2) is 6.68. The van der Waals surface area contributed by atoms with Gasteiger partial charge in [0, 0.05) is 18.8 Å². The predicted molar refractivity (Wildman–Crippen MR) is 97.5 cm³/mol. The summed E-state index contributed by atoms with van der Waals surface area (Å²) >= 11 is 0. The van der Waals surface area contributed by atoms with Crippen LogP contribution in [0.1, 0.15) is 22.5 Å². The summed E-state index contributed by atoms with van der Waals surface area (Å²) in [6.45, 7) is 0.776. The number of aromatic carboxylic acids is 1. The maximum atomic E-state index is 14.8. The lowest BCUT2D eigenvalue weighted by Gasteiger charge is -2.23. The van der Waals surface area contributed by atoms with Gasteiger partial charge < -0.3 is 16.2 Å². The van der Waals surface area contributed by atoms with Crippen molar-refractivity contribution in [2.24, 2.45) is 5.73 Å². The van der Waals surface area contributed by atoms with Gasteiger partial charge in [0.05, 0.1) is 22.3 Å². The maximum absolute atomic E-state index is 14.8. The predicted octanol–water partition coefficient (Wildman–Crippen LogP) is 1.65. The number of hydrogen-bond acceptors (Lipinski definition) is 5. The van der Waals surface area contributed by atoms with Crippen molar-refractivity contribution in [1.82, 2.24) is 14.9 Å². The number of rotatable bonds is 3. The molecule has 0 saturated carbocycles. The van der Waals surface area contributed by atoms with Gasteiger partial charge in [0.1, 0.15) is 28.7 Å². The fourth-order valence-electron chi connectivity index (χ4n) is 3.50. The molecule has 1 unspecified atom stereocenters. The monoisotopic (exact) mass is 404 g/mol. The smallest absolute Gasteiger partial charge is 0.341 e. The first kappa shape index (κ1) is 19.1. The van der Waals surface area contributed by atoms with Gasteiger partial charge in [-0.3, -0.25) is 9.36 Å². The van der Waals surface area contributed by atoms with Gasteiger partial charge in [-0.1, -0.05) is 0 Å². The number of benzene rings is 1. The molecule has 0 radical (unpaired) electrons. The molecule has 29 heavy (non-hydrogen) atoms. The summed E-state index contributed by atoms with van der Waals surface area (Å²) in [5.74, 6) is -4.29. The third-order valence-corrected chi connectivity index (χ3v) is 4.99. The Morgan fingerprint density at radius 2 is 2.00 bits per heavy atom. The summed E-state index contributed by atoms with van der Waals surface area (Å²) in [5, 5.41) is 12.0. The summed E-state index contributed by atoms with van der Waals surface area (Å²) in [6, 6.07) is 3.51. The molecule has 1 aliphatic rings. The molecule has 150 valence electrons. The molecular weight excluding hydrogens is 389 g/mol. The molecule has 0 bridgehead atoms. The van der Waals surface area contributed by atoms with Gasteiger partial charge in [-0.15, -0.1) is 0 Å². The summed E-state index contributed by atoms with van der Waals surface area (Å²) < 4.78 is 43.6. The number of carboxylic acid groups (broad SMARTS) is 1. The van der Waals surface area contributed by atoms with E-state index in [1.807, 2.05) is 0 Å². The van der Waals surface area contributed by atoms with E-state index in [2.05, 4.69) is 10.3 Å². The van der Waals surface area contributed by atoms with Gasteiger partial charge in [-0.25, -0.2) is 22.9 Å². The van der Waals surface area contributed by atoms with Gasteiger partial charge >= 0.3 is 5.97 Å². The quantitative estimate of drug-likeness (QED) is 0.612. The van der Waals surface area contributed by atoms with Crippen molar-refractivity contribution >= 4 is 17.0 Å². The first-order valence-electron chi connectivity index (χ1n) is 8.66. The highest BCUT2D eigenvalue weighted by molar-refractivity contribution is 5.92. The zero-order valence-corrected chi connectivity index (χ0v) is 14.9. The van der Waals surface area contributed by atoms with Gasteiger partial charge in [0.25, 0.3) is 0 Å². The average molecular weight is 404 g/mol. The Morgan fingerprint density at radius 1 is 1.24 bits per heavy atom. The van der Waals surface area contributed by atoms with Gasteiger partial charge in [0.15, 0.2) is 0 Å². The van der Waals surface area contributed by atoms with Crippen molar-refractivity contribution in [3.05, 3.63) is 69.4 Å². The number of nitrogens with two attached hydrogens (primary N) is 1. The van der Waals surface area contributed by atoms with Gasteiger partial charge in [0.2, 0.25) is 5.43 Å². The Hall–Kier alpha value is -3.24. The zero-order chi connectivity index (χ0) is 20.9. The molecule has 0 aliphatic carbocycles. The standard InChI is InChI=1S/C19H15F3N4O3/c20-9-1-2-14(12(21)5-9)26-7-11(18(28)29)15(27)10-6-13(22)16(25-17(10)26)19(23)3-4-24-8-19/h1-2,5-7,24H,3-4,8,23H2,(H,28,29). The topological polar surface area (TPSA) is 110 Å². The minimum absolute atomic E-state index is 0.131. The molecule has 3 aromatic rings. The molecular formula is C19H15F3N4O3. The molecule has 10 heteroatoms. The number of aromatic nitrogens is 2. The number of carboxylic acids is 1. The van der Waals surface area contributed by atoms with E-state index in [0.29, 0.717) is 19.0 Å². The number of pyridine rings is 2. The molecule has 1 aliphatic heterocycles. The van der Waals surface area contributed by atoms with Crippen molar-refractivity contribution < 1.29 is 23.1 Å². The Balaban J connectivity index is 2.11. The summed E-state index contributed by atoms with van der Waals surface area (Å²) in [6.07, 6.45) is 1.26. The van der Waals surface area contributed by atoms with Crippen LogP contribution in [0, 0.1) is 17.5 Å². The van der Waals surface area contributed by atoms with E-state index in [-0.39, 0.29) is 29.0 Å². The number of nitrogens with zero attached hydrogens (tertiary/aromatic N) is 2. The number of carbonyl (C=O) groups is 1. The summed E-state index contributed by atoms with van der Waals surface area (Å²) in [5.41, 5.74) is 2.87. The van der Waals surface area contributed by atoms with Crippen LogP contribution in [-0.4, -0.2) is 33.7 Å². The van der Waals surface area contributed by atoms with Crippen molar-refractivity contribution in [3.63, 3.8) is 0 Å². The van der Waals surface area contributed by atoms with E-state index in [1.165, 1.54) is 0 Å². The van der Waals surface area contributed by atoms with Crippen LogP contribution >= 0.6 is 0 Å². The molecule has 2 aromatic heterocycles. The van der Waals surface area contributed by atoms with Crippen LogP contribution in [0.25, 0.3) is 16.7 Å². The lowest BCUT2D eigenvalue weighted by Crippen LogP contribution is -2.40. The van der Waals surface area contributed by atoms with Crippen molar-refractivity contribution in [2.75, 3.05) is 13.1 Å². The first-order chi connectivity index (χ1) is 13.7. The van der Waals surface area contributed by atoms with E-state index >= 15 is 0 Å². The molecule has 1 fully saturated rings. The van der Waals surface area contributed by atoms with E-state index in [4.69, 9.17) is 5.73 Å². The minimum atomic E-state index is -1.58. The summed E-state index contributed by atoms with van der Waals surface area (Å²) in [7, 11) is 0. The third kappa shape index (κ3) is 3.06. The minimum Gasteiger partial charge on any atom is -0.477 e. The largest absolute Gasteiger partial charge is 0.477 e. The summed E-state index contributed by atoms with van der Waals surface area (Å²) in [4.78, 5) is 28.2. The van der Waals surface area contributed by atoms with E-state index < -0.39 is 40.0 Å². The van der Waals surface area contributed by atoms with Gasteiger partial charge in [-0.2, -0.15) is 0 Å². The lowest BCUT2D eigenvalue weighted by molar-refractivity contribution is 0.0695. The number of nitrogens with one attached hydrogen (secondary N) is 1. The van der Waals surface area contributed by atoms with Crippen LogP contribution in [0.4, 0.5) is 13.2 Å². The molecule has 0 spiro atoms. The molecule has 1 saturated heterocycles. The Kier molecular flexibility index (Phi) is 4.39. The van der Waals surface area contributed by atoms with E-state index in [1.54, 1.807) is 0 Å². The second-order valence-electron chi connectivity index (χ2n) is 6.92. The lowest BCUT2D eigenvalue weighted by atomic mass is 9.94. The number of halogens is 3. The zero-order valence-electron chi connectivity index (χ0n) is 14.9. The van der Waals surface area contributed by atoms with E-state index in [9.17, 15) is 27.9 Å². The van der Waals surface area contributed by atoms with E-state index in [0.717, 1.165) is 29.0 Å². The van der Waals surface area contributed by atoms with Crippen LogP contribution in [0.3, 0.4) is 0 Å². The normalized spacial score (nSPS) is 19.0. The molecule has 0 amide bonds. The van der Waals surface area contributed by atoms with Crippen LogP contribution in [-0.2, 0) is 5.54 Å². The molecule has 7 nitrogen and oxygen atoms in total. The van der Waals surface area contributed by atoms with Crippen molar-refractivity contribution in [1.29, 1.82) is 0 Å². The molecule has 1 aromatic carbocycles. The average Bonchev–Trinajstić information content (AvgIpc) is 3.10. The second-order valence-corrected chi connectivity index (χ2v) is 6.92. The molecule has 4 rings (SSSR count). The molecule has 4 N–H and O–H groups in total. The Labute approximate surface area is 161 Å². The first-order valence-corrected chi connectivity index (χ1v) is 8.66. The van der Waals surface area contributed by atoms with Crippen LogP contribution in [0.5, 0.6) is 0 Å². The number of fused-ring (bicyclic) bond motifs is 1. The van der Waals surface area contributed by atoms with Gasteiger partial charge in [-0.05, 0) is 31.2 Å². The molecule has 3 heterocycles. The highest BCUT2D eigenvalue weighted by atomic mass is 19.1.